The van der Waals surface area contributed by atoms with Crippen molar-refractivity contribution >= 4 is 29.6 Å². The monoisotopic (exact) mass is 512 g/mol. The molecule has 1 unspecified atom stereocenters. The molecule has 1 aliphatic rings. The van der Waals surface area contributed by atoms with Crippen LogP contribution in [0.2, 0.25) is 0 Å². The highest BCUT2D eigenvalue weighted by Gasteiger charge is 2.44. The number of hydrogen-bond donors (Lipinski definition) is 0. The van der Waals surface area contributed by atoms with E-state index >= 15 is 0 Å². The highest BCUT2D eigenvalue weighted by atomic mass is 16.6. The van der Waals surface area contributed by atoms with E-state index in [9.17, 15) is 19.2 Å². The van der Waals surface area contributed by atoms with Gasteiger partial charge in [0.25, 0.3) is 11.8 Å². The second-order valence-electron chi connectivity index (χ2n) is 9.36. The molecule has 37 heavy (non-hydrogen) atoms. The van der Waals surface area contributed by atoms with Gasteiger partial charge in [-0.2, -0.15) is 0 Å². The number of imide groups is 1. The Morgan fingerprint density at radius 1 is 1.03 bits per heavy atom. The van der Waals surface area contributed by atoms with Crippen LogP contribution in [0.3, 0.4) is 0 Å². The number of rotatable bonds is 8. The summed E-state index contributed by atoms with van der Waals surface area (Å²) in [6, 6.07) is 8.60. The lowest BCUT2D eigenvalue weighted by atomic mass is 10.0. The molecule has 0 aromatic heterocycles. The number of fused-ring (bicyclic) bond motifs is 1. The summed E-state index contributed by atoms with van der Waals surface area (Å²) < 4.78 is 21.3. The first kappa shape index (κ1) is 27.5. The van der Waals surface area contributed by atoms with Gasteiger partial charge in [-0.15, -0.1) is 0 Å². The number of amides is 3. The molecule has 0 saturated heterocycles. The average molecular weight is 513 g/mol. The molecule has 10 nitrogen and oxygen atoms in total. The van der Waals surface area contributed by atoms with Gasteiger partial charge in [0.2, 0.25) is 0 Å². The number of carbonyl (C=O) groups is 4. The molecule has 1 heterocycles. The van der Waals surface area contributed by atoms with Crippen LogP contribution in [0.15, 0.2) is 36.4 Å². The first-order chi connectivity index (χ1) is 17.4. The van der Waals surface area contributed by atoms with E-state index in [1.807, 2.05) is 6.92 Å². The Balaban J connectivity index is 2.08. The quantitative estimate of drug-likeness (QED) is 0.379. The summed E-state index contributed by atoms with van der Waals surface area (Å²) in [5, 5.41) is 0. The van der Waals surface area contributed by atoms with Crippen molar-refractivity contribution in [3.63, 3.8) is 0 Å². The maximum atomic E-state index is 13.8. The van der Waals surface area contributed by atoms with E-state index in [-0.39, 0.29) is 23.2 Å². The zero-order valence-corrected chi connectivity index (χ0v) is 22.1. The van der Waals surface area contributed by atoms with Gasteiger partial charge >= 0.3 is 12.1 Å². The summed E-state index contributed by atoms with van der Waals surface area (Å²) >= 11 is 0. The molecule has 3 rings (SSSR count). The number of benzene rings is 2. The molecule has 10 heteroatoms. The minimum atomic E-state index is -0.996. The van der Waals surface area contributed by atoms with Gasteiger partial charge in [0, 0.05) is 7.05 Å². The third-order valence-electron chi connectivity index (χ3n) is 5.72. The molecular formula is C27H32N2O8. The van der Waals surface area contributed by atoms with Gasteiger partial charge in [-0.1, -0.05) is 12.1 Å². The van der Waals surface area contributed by atoms with Gasteiger partial charge in [-0.05, 0) is 57.5 Å². The van der Waals surface area contributed by atoms with E-state index in [0.29, 0.717) is 23.7 Å². The van der Waals surface area contributed by atoms with Gasteiger partial charge in [-0.3, -0.25) is 24.2 Å². The van der Waals surface area contributed by atoms with Crippen LogP contribution in [0.5, 0.6) is 11.5 Å². The second-order valence-corrected chi connectivity index (χ2v) is 9.36. The topological polar surface area (TPSA) is 112 Å². The average Bonchev–Trinajstić information content (AvgIpc) is 3.10. The van der Waals surface area contributed by atoms with E-state index in [1.165, 1.54) is 32.2 Å². The lowest BCUT2D eigenvalue weighted by Gasteiger charge is -2.27. The van der Waals surface area contributed by atoms with Gasteiger partial charge in [0.05, 0.1) is 50.1 Å². The highest BCUT2D eigenvalue weighted by Crippen LogP contribution is 2.40. The third-order valence-corrected chi connectivity index (χ3v) is 5.72. The molecule has 0 bridgehead atoms. The normalized spacial score (nSPS) is 13.6. The SMILES string of the molecule is CCOc1cc(C(CC(=O)OC)N2C(=O)c3cccc(N(C)C(=O)OC(C)(C)C)c3C2=O)ccc1OC. The van der Waals surface area contributed by atoms with E-state index in [2.05, 4.69) is 0 Å². The van der Waals surface area contributed by atoms with Crippen LogP contribution in [-0.2, 0) is 14.3 Å². The molecule has 3 amide bonds. The van der Waals surface area contributed by atoms with Crippen LogP contribution in [0.4, 0.5) is 10.5 Å². The van der Waals surface area contributed by atoms with Crippen molar-refractivity contribution in [1.82, 2.24) is 4.90 Å². The molecule has 2 aromatic carbocycles. The standard InChI is InChI=1S/C27H32N2O8/c1-8-36-21-14-16(12-13-20(21)34-6)19(15-22(30)35-7)29-24(31)17-10-9-11-18(23(17)25(29)32)28(5)26(33)37-27(2,3)4/h9-14,19H,8,15H2,1-7H3. The lowest BCUT2D eigenvalue weighted by molar-refractivity contribution is -0.141. The van der Waals surface area contributed by atoms with Crippen LogP contribution in [-0.4, -0.2) is 62.3 Å². The van der Waals surface area contributed by atoms with Crippen LogP contribution >= 0.6 is 0 Å². The van der Waals surface area contributed by atoms with Crippen molar-refractivity contribution in [1.29, 1.82) is 0 Å². The highest BCUT2D eigenvalue weighted by molar-refractivity contribution is 6.24. The van der Waals surface area contributed by atoms with Gasteiger partial charge in [0.1, 0.15) is 5.60 Å². The number of anilines is 1. The number of nitrogens with zero attached hydrogens (tertiary/aromatic N) is 2. The summed E-state index contributed by atoms with van der Waals surface area (Å²) in [4.78, 5) is 54.7. The Hall–Kier alpha value is -4.08. The summed E-state index contributed by atoms with van der Waals surface area (Å²) in [5.41, 5.74) is 0.105. The first-order valence-corrected chi connectivity index (χ1v) is 11.8. The molecule has 0 fully saturated rings. The summed E-state index contributed by atoms with van der Waals surface area (Å²) in [6.45, 7) is 7.35. The first-order valence-electron chi connectivity index (χ1n) is 11.8. The predicted octanol–water partition coefficient (Wildman–Crippen LogP) is 4.37. The van der Waals surface area contributed by atoms with E-state index in [4.69, 9.17) is 18.9 Å². The Bertz CT molecular complexity index is 1220. The van der Waals surface area contributed by atoms with Crippen LogP contribution in [0.1, 0.15) is 66.4 Å². The van der Waals surface area contributed by atoms with Crippen molar-refractivity contribution in [2.45, 2.75) is 45.8 Å². The number of ether oxygens (including phenoxy) is 4. The fourth-order valence-corrected chi connectivity index (χ4v) is 4.05. The van der Waals surface area contributed by atoms with Crippen molar-refractivity contribution in [2.75, 3.05) is 32.8 Å². The summed E-state index contributed by atoms with van der Waals surface area (Å²) in [6.07, 6.45) is -0.959. The molecule has 1 atom stereocenters. The Kier molecular flexibility index (Phi) is 8.10. The maximum absolute atomic E-state index is 13.8. The fraction of sp³-hybridized carbons (Fsp3) is 0.407. The van der Waals surface area contributed by atoms with Crippen molar-refractivity contribution < 1.29 is 38.1 Å². The number of carbonyl (C=O) groups excluding carboxylic acids is 4. The van der Waals surface area contributed by atoms with Gasteiger partial charge in [0.15, 0.2) is 11.5 Å². The smallest absolute Gasteiger partial charge is 0.414 e. The molecule has 0 aliphatic carbocycles. The number of methoxy groups -OCH3 is 2. The molecule has 0 N–H and O–H groups in total. The molecular weight excluding hydrogens is 480 g/mol. The predicted molar refractivity (Wildman–Crippen MR) is 135 cm³/mol. The zero-order valence-electron chi connectivity index (χ0n) is 22.1. The second kappa shape index (κ2) is 10.9. The van der Waals surface area contributed by atoms with Crippen LogP contribution in [0.25, 0.3) is 0 Å². The molecule has 0 saturated carbocycles. The van der Waals surface area contributed by atoms with Crippen LogP contribution in [0, 0.1) is 0 Å². The Morgan fingerprint density at radius 2 is 1.73 bits per heavy atom. The minimum absolute atomic E-state index is 0.0502. The lowest BCUT2D eigenvalue weighted by Crippen LogP contribution is -2.37. The molecule has 0 radical (unpaired) electrons. The molecule has 0 spiro atoms. The molecule has 1 aliphatic heterocycles. The number of esters is 1. The van der Waals surface area contributed by atoms with Crippen molar-refractivity contribution in [3.8, 4) is 11.5 Å². The van der Waals surface area contributed by atoms with E-state index < -0.39 is 35.5 Å². The Morgan fingerprint density at radius 3 is 2.32 bits per heavy atom. The number of hydrogen-bond acceptors (Lipinski definition) is 8. The zero-order chi connectivity index (χ0) is 27.5. The van der Waals surface area contributed by atoms with Crippen LogP contribution < -0.4 is 14.4 Å². The van der Waals surface area contributed by atoms with Gasteiger partial charge in [-0.25, -0.2) is 4.79 Å². The molecule has 2 aromatic rings. The van der Waals surface area contributed by atoms with Crippen molar-refractivity contribution in [3.05, 3.63) is 53.1 Å². The van der Waals surface area contributed by atoms with Gasteiger partial charge < -0.3 is 18.9 Å². The molecule has 198 valence electrons. The summed E-state index contributed by atoms with van der Waals surface area (Å²) in [5.74, 6) is -0.984. The Labute approximate surface area is 216 Å². The third kappa shape index (κ3) is 5.68. The van der Waals surface area contributed by atoms with E-state index in [1.54, 1.807) is 51.1 Å². The van der Waals surface area contributed by atoms with E-state index in [0.717, 1.165) is 4.90 Å². The van der Waals surface area contributed by atoms with Crippen molar-refractivity contribution in [2.24, 2.45) is 0 Å². The summed E-state index contributed by atoms with van der Waals surface area (Å²) in [7, 11) is 4.19. The largest absolute Gasteiger partial charge is 0.493 e. The fourth-order valence-electron chi connectivity index (χ4n) is 4.05. The maximum Gasteiger partial charge on any atom is 0.414 e. The minimum Gasteiger partial charge on any atom is -0.493 e.